The second-order valence-electron chi connectivity index (χ2n) is 3.69. The fourth-order valence-corrected chi connectivity index (χ4v) is 1.76. The molecule has 1 aliphatic rings. The molecule has 0 atom stereocenters. The summed E-state index contributed by atoms with van der Waals surface area (Å²) in [5.74, 6) is 0. The molecule has 0 aromatic carbocycles. The van der Waals surface area contributed by atoms with Crippen LogP contribution in [0.5, 0.6) is 0 Å². The molecule has 84 valence electrons. The maximum atomic E-state index is 9.05. The first kappa shape index (κ1) is 10.6. The lowest BCUT2D eigenvalue weighted by Gasteiger charge is -2.26. The quantitative estimate of drug-likeness (QED) is 0.743. The van der Waals surface area contributed by atoms with Crippen LogP contribution in [0, 0.1) is 0 Å². The number of hydrogen-bond donors (Lipinski definition) is 1. The van der Waals surface area contributed by atoms with Gasteiger partial charge in [0.25, 0.3) is 0 Å². The molecule has 5 heteroatoms. The summed E-state index contributed by atoms with van der Waals surface area (Å²) in [6, 6.07) is 0. The Hall–Kier alpha value is -0.910. The Morgan fingerprint density at radius 1 is 1.33 bits per heavy atom. The summed E-state index contributed by atoms with van der Waals surface area (Å²) in [6.07, 6.45) is 3.48. The van der Waals surface area contributed by atoms with Crippen molar-refractivity contribution in [2.24, 2.45) is 0 Å². The zero-order valence-corrected chi connectivity index (χ0v) is 8.80. The monoisotopic (exact) mass is 211 g/mol. The molecule has 0 radical (unpaired) electrons. The minimum atomic E-state index is 0.0586. The van der Waals surface area contributed by atoms with E-state index in [0.29, 0.717) is 0 Å². The van der Waals surface area contributed by atoms with Gasteiger partial charge in [-0.1, -0.05) is 0 Å². The number of rotatable bonds is 4. The molecule has 1 aromatic rings. The Morgan fingerprint density at radius 2 is 2.13 bits per heavy atom. The summed E-state index contributed by atoms with van der Waals surface area (Å²) < 4.78 is 7.28. The molecule has 0 aliphatic carbocycles. The molecule has 0 unspecified atom stereocenters. The van der Waals surface area contributed by atoms with E-state index in [2.05, 4.69) is 9.88 Å². The van der Waals surface area contributed by atoms with E-state index < -0.39 is 0 Å². The summed E-state index contributed by atoms with van der Waals surface area (Å²) in [5.41, 5.74) is 0.878. The van der Waals surface area contributed by atoms with E-state index in [9.17, 15) is 0 Å². The summed E-state index contributed by atoms with van der Waals surface area (Å²) in [7, 11) is 0. The Morgan fingerprint density at radius 3 is 2.87 bits per heavy atom. The van der Waals surface area contributed by atoms with Crippen LogP contribution in [0.15, 0.2) is 12.5 Å². The van der Waals surface area contributed by atoms with Crippen molar-refractivity contribution in [1.82, 2.24) is 14.5 Å². The highest BCUT2D eigenvalue weighted by Gasteiger charge is 2.10. The Kier molecular flexibility index (Phi) is 3.71. The molecule has 0 spiro atoms. The van der Waals surface area contributed by atoms with Gasteiger partial charge in [-0.15, -0.1) is 0 Å². The number of ether oxygens (including phenoxy) is 1. The van der Waals surface area contributed by atoms with Gasteiger partial charge < -0.3 is 14.4 Å². The maximum Gasteiger partial charge on any atom is 0.0949 e. The molecule has 0 bridgehead atoms. The number of nitrogens with zero attached hydrogens (tertiary/aromatic N) is 3. The van der Waals surface area contributed by atoms with Crippen molar-refractivity contribution in [2.45, 2.75) is 13.2 Å². The molecule has 0 amide bonds. The maximum absolute atomic E-state index is 9.05. The fraction of sp³-hybridized carbons (Fsp3) is 0.700. The molecule has 1 fully saturated rings. The van der Waals surface area contributed by atoms with Crippen molar-refractivity contribution >= 4 is 0 Å². The average molecular weight is 211 g/mol. The Labute approximate surface area is 89.3 Å². The van der Waals surface area contributed by atoms with Gasteiger partial charge in [-0.3, -0.25) is 4.90 Å². The average Bonchev–Trinajstić information content (AvgIpc) is 2.75. The smallest absolute Gasteiger partial charge is 0.0949 e. The summed E-state index contributed by atoms with van der Waals surface area (Å²) in [6.45, 7) is 5.60. The van der Waals surface area contributed by atoms with E-state index in [1.54, 1.807) is 12.5 Å². The summed E-state index contributed by atoms with van der Waals surface area (Å²) >= 11 is 0. The SMILES string of the molecule is OCc1cncn1CCN1CCOCC1. The van der Waals surface area contributed by atoms with Gasteiger partial charge in [0, 0.05) is 26.2 Å². The number of aromatic nitrogens is 2. The van der Waals surface area contributed by atoms with Gasteiger partial charge in [-0.05, 0) is 0 Å². The Bertz CT molecular complexity index is 295. The van der Waals surface area contributed by atoms with E-state index in [1.165, 1.54) is 0 Å². The third kappa shape index (κ3) is 2.77. The van der Waals surface area contributed by atoms with Crippen LogP contribution < -0.4 is 0 Å². The zero-order valence-electron chi connectivity index (χ0n) is 8.80. The minimum absolute atomic E-state index is 0.0586. The number of hydrogen-bond acceptors (Lipinski definition) is 4. The van der Waals surface area contributed by atoms with Crippen molar-refractivity contribution < 1.29 is 9.84 Å². The first-order chi connectivity index (χ1) is 7.40. The van der Waals surface area contributed by atoms with Gasteiger partial charge in [-0.25, -0.2) is 4.98 Å². The predicted molar refractivity (Wildman–Crippen MR) is 55.4 cm³/mol. The largest absolute Gasteiger partial charge is 0.390 e. The zero-order chi connectivity index (χ0) is 10.5. The standard InChI is InChI=1S/C10H17N3O2/c14-8-10-7-11-9-13(10)2-1-12-3-5-15-6-4-12/h7,9,14H,1-6,8H2. The highest BCUT2D eigenvalue weighted by atomic mass is 16.5. The van der Waals surface area contributed by atoms with E-state index in [4.69, 9.17) is 9.84 Å². The molecule has 1 aliphatic heterocycles. The molecular formula is C10H17N3O2. The lowest BCUT2D eigenvalue weighted by molar-refractivity contribution is 0.0362. The Balaban J connectivity index is 1.81. The van der Waals surface area contributed by atoms with Crippen LogP contribution in [0.3, 0.4) is 0 Å². The first-order valence-corrected chi connectivity index (χ1v) is 5.30. The fourth-order valence-electron chi connectivity index (χ4n) is 1.76. The van der Waals surface area contributed by atoms with Crippen molar-refractivity contribution in [3.63, 3.8) is 0 Å². The summed E-state index contributed by atoms with van der Waals surface area (Å²) in [5, 5.41) is 9.05. The normalized spacial score (nSPS) is 18.2. The van der Waals surface area contributed by atoms with Crippen molar-refractivity contribution in [1.29, 1.82) is 0 Å². The van der Waals surface area contributed by atoms with Gasteiger partial charge in [-0.2, -0.15) is 0 Å². The highest BCUT2D eigenvalue weighted by Crippen LogP contribution is 2.01. The number of aliphatic hydroxyl groups excluding tert-OH is 1. The van der Waals surface area contributed by atoms with Gasteiger partial charge in [0.2, 0.25) is 0 Å². The third-order valence-corrected chi connectivity index (χ3v) is 2.72. The number of imidazole rings is 1. The van der Waals surface area contributed by atoms with Crippen LogP contribution >= 0.6 is 0 Å². The third-order valence-electron chi connectivity index (χ3n) is 2.72. The second kappa shape index (κ2) is 5.25. The molecule has 5 nitrogen and oxygen atoms in total. The van der Waals surface area contributed by atoms with Crippen LogP contribution in [0.25, 0.3) is 0 Å². The van der Waals surface area contributed by atoms with Gasteiger partial charge in [0.05, 0.1) is 38.0 Å². The van der Waals surface area contributed by atoms with E-state index in [-0.39, 0.29) is 6.61 Å². The van der Waals surface area contributed by atoms with Gasteiger partial charge in [0.15, 0.2) is 0 Å². The van der Waals surface area contributed by atoms with Crippen molar-refractivity contribution in [3.05, 3.63) is 18.2 Å². The molecule has 1 N–H and O–H groups in total. The van der Waals surface area contributed by atoms with Crippen LogP contribution in [0.2, 0.25) is 0 Å². The first-order valence-electron chi connectivity index (χ1n) is 5.30. The summed E-state index contributed by atoms with van der Waals surface area (Å²) in [4.78, 5) is 6.38. The van der Waals surface area contributed by atoms with Crippen LogP contribution in [0.1, 0.15) is 5.69 Å². The van der Waals surface area contributed by atoms with Crippen molar-refractivity contribution in [2.75, 3.05) is 32.8 Å². The van der Waals surface area contributed by atoms with Crippen LogP contribution in [-0.2, 0) is 17.9 Å². The van der Waals surface area contributed by atoms with E-state index in [0.717, 1.165) is 45.1 Å². The van der Waals surface area contributed by atoms with E-state index >= 15 is 0 Å². The molecule has 2 heterocycles. The molecular weight excluding hydrogens is 194 g/mol. The number of aliphatic hydroxyl groups is 1. The molecule has 1 saturated heterocycles. The predicted octanol–water partition coefficient (Wildman–Crippen LogP) is -0.292. The van der Waals surface area contributed by atoms with Crippen molar-refractivity contribution in [3.8, 4) is 0 Å². The highest BCUT2D eigenvalue weighted by molar-refractivity contribution is 4.95. The van der Waals surface area contributed by atoms with Crippen LogP contribution in [-0.4, -0.2) is 52.4 Å². The minimum Gasteiger partial charge on any atom is -0.390 e. The molecule has 2 rings (SSSR count). The number of morpholine rings is 1. The molecule has 15 heavy (non-hydrogen) atoms. The van der Waals surface area contributed by atoms with Crippen LogP contribution in [0.4, 0.5) is 0 Å². The molecule has 1 aromatic heterocycles. The molecule has 0 saturated carbocycles. The van der Waals surface area contributed by atoms with Gasteiger partial charge in [0.1, 0.15) is 0 Å². The lowest BCUT2D eigenvalue weighted by atomic mass is 10.4. The second-order valence-corrected chi connectivity index (χ2v) is 3.69. The topological polar surface area (TPSA) is 50.5 Å². The lowest BCUT2D eigenvalue weighted by Crippen LogP contribution is -2.38. The van der Waals surface area contributed by atoms with Gasteiger partial charge >= 0.3 is 0 Å². The van der Waals surface area contributed by atoms with E-state index in [1.807, 2.05) is 4.57 Å².